The molecule has 1 atom stereocenters. The summed E-state index contributed by atoms with van der Waals surface area (Å²) in [6.45, 7) is 3.13. The van der Waals surface area contributed by atoms with E-state index in [0.29, 0.717) is 23.9 Å². The van der Waals surface area contributed by atoms with E-state index in [4.69, 9.17) is 9.47 Å². The molecule has 0 bridgehead atoms. The monoisotopic (exact) mass is 492 g/mol. The molecule has 0 saturated carbocycles. The van der Waals surface area contributed by atoms with Gasteiger partial charge in [0.05, 0.1) is 12.6 Å². The summed E-state index contributed by atoms with van der Waals surface area (Å²) in [7, 11) is 1.62. The number of hydrogen-bond acceptors (Lipinski definition) is 6. The number of nitrogens with one attached hydrogen (secondary N) is 1. The van der Waals surface area contributed by atoms with Gasteiger partial charge in [0.1, 0.15) is 17.9 Å². The van der Waals surface area contributed by atoms with Crippen LogP contribution in [0.1, 0.15) is 25.3 Å². The molecule has 37 heavy (non-hydrogen) atoms. The SMILES string of the molecule is COc1cc(Nc2ncnc3ccc(C#CC4CCCN(C(C)=O)C4)cc23)ccc1Oc1ccccc1. The number of piperidine rings is 1. The van der Waals surface area contributed by atoms with Gasteiger partial charge < -0.3 is 19.7 Å². The largest absolute Gasteiger partial charge is 0.493 e. The number of nitrogens with zero attached hydrogens (tertiary/aromatic N) is 3. The van der Waals surface area contributed by atoms with Crippen molar-refractivity contribution in [3.8, 4) is 29.1 Å². The van der Waals surface area contributed by atoms with Gasteiger partial charge in [0.25, 0.3) is 0 Å². The Balaban J connectivity index is 1.37. The fourth-order valence-corrected chi connectivity index (χ4v) is 4.38. The Hall–Kier alpha value is -4.57. The summed E-state index contributed by atoms with van der Waals surface area (Å²) < 4.78 is 11.5. The summed E-state index contributed by atoms with van der Waals surface area (Å²) in [4.78, 5) is 22.5. The molecule has 1 aromatic heterocycles. The molecule has 3 aromatic carbocycles. The van der Waals surface area contributed by atoms with Gasteiger partial charge >= 0.3 is 0 Å². The van der Waals surface area contributed by atoms with E-state index < -0.39 is 0 Å². The summed E-state index contributed by atoms with van der Waals surface area (Å²) in [6, 6.07) is 21.2. The van der Waals surface area contributed by atoms with Crippen LogP contribution in [0.15, 0.2) is 73.1 Å². The van der Waals surface area contributed by atoms with Gasteiger partial charge in [-0.2, -0.15) is 0 Å². The maximum absolute atomic E-state index is 11.7. The highest BCUT2D eigenvalue weighted by Crippen LogP contribution is 2.35. The standard InChI is InChI=1S/C30H28N4O3/c1-21(35)34-16-6-7-23(19-34)11-10-22-12-14-27-26(17-22)30(32-20-31-27)33-24-13-15-28(29(18-24)36-2)37-25-8-4-3-5-9-25/h3-5,8-9,12-15,17-18,20,23H,6-7,16,19H2,1-2H3,(H,31,32,33). The highest BCUT2D eigenvalue weighted by molar-refractivity contribution is 5.91. The molecule has 1 N–H and O–H groups in total. The minimum absolute atomic E-state index is 0.112. The third-order valence-electron chi connectivity index (χ3n) is 6.32. The topological polar surface area (TPSA) is 76.6 Å². The maximum Gasteiger partial charge on any atom is 0.219 e. The number of aromatic nitrogens is 2. The fraction of sp³-hybridized carbons (Fsp3) is 0.233. The fourth-order valence-electron chi connectivity index (χ4n) is 4.38. The highest BCUT2D eigenvalue weighted by Gasteiger charge is 2.19. The lowest BCUT2D eigenvalue weighted by atomic mass is 9.98. The summed E-state index contributed by atoms with van der Waals surface area (Å²) in [5, 5.41) is 4.25. The second-order valence-electron chi connectivity index (χ2n) is 8.93. The molecule has 5 rings (SSSR count). The van der Waals surface area contributed by atoms with Gasteiger partial charge in [-0.3, -0.25) is 4.79 Å². The number of rotatable bonds is 5. The zero-order valence-corrected chi connectivity index (χ0v) is 20.9. The van der Waals surface area contributed by atoms with Crippen LogP contribution in [-0.2, 0) is 4.79 Å². The molecule has 0 aliphatic carbocycles. The number of amides is 1. The summed E-state index contributed by atoms with van der Waals surface area (Å²) in [5.41, 5.74) is 2.51. The average Bonchev–Trinajstić information content (AvgIpc) is 2.93. The Morgan fingerprint density at radius 2 is 1.92 bits per heavy atom. The zero-order valence-electron chi connectivity index (χ0n) is 20.9. The Bertz CT molecular complexity index is 1480. The second kappa shape index (κ2) is 11.0. The van der Waals surface area contributed by atoms with Crippen LogP contribution in [0.3, 0.4) is 0 Å². The number of anilines is 2. The lowest BCUT2D eigenvalue weighted by Gasteiger charge is -2.29. The van der Waals surface area contributed by atoms with Crippen molar-refractivity contribution in [1.29, 1.82) is 0 Å². The summed E-state index contributed by atoms with van der Waals surface area (Å²) in [5.74, 6) is 9.59. The van der Waals surface area contributed by atoms with E-state index in [1.807, 2.05) is 71.6 Å². The van der Waals surface area contributed by atoms with Crippen LogP contribution in [0, 0.1) is 17.8 Å². The van der Waals surface area contributed by atoms with Crippen molar-refractivity contribution in [2.24, 2.45) is 5.92 Å². The van der Waals surface area contributed by atoms with Gasteiger partial charge in [0.2, 0.25) is 5.91 Å². The van der Waals surface area contributed by atoms with E-state index in [-0.39, 0.29) is 11.8 Å². The normalized spacial score (nSPS) is 15.0. The molecule has 4 aromatic rings. The molecule has 1 aliphatic heterocycles. The van der Waals surface area contributed by atoms with Crippen molar-refractivity contribution >= 4 is 28.3 Å². The summed E-state index contributed by atoms with van der Waals surface area (Å²) >= 11 is 0. The molecule has 186 valence electrons. The molecule has 1 unspecified atom stereocenters. The van der Waals surface area contributed by atoms with Crippen molar-refractivity contribution < 1.29 is 14.3 Å². The van der Waals surface area contributed by atoms with Crippen LogP contribution < -0.4 is 14.8 Å². The molecule has 1 saturated heterocycles. The number of ether oxygens (including phenoxy) is 2. The summed E-state index contributed by atoms with van der Waals surface area (Å²) in [6.07, 6.45) is 3.53. The Morgan fingerprint density at radius 1 is 1.05 bits per heavy atom. The van der Waals surface area contributed by atoms with Gasteiger partial charge in [-0.05, 0) is 55.3 Å². The van der Waals surface area contributed by atoms with E-state index >= 15 is 0 Å². The van der Waals surface area contributed by atoms with Gasteiger partial charge in [0, 0.05) is 48.6 Å². The van der Waals surface area contributed by atoms with Crippen molar-refractivity contribution in [1.82, 2.24) is 14.9 Å². The second-order valence-corrected chi connectivity index (χ2v) is 8.93. The van der Waals surface area contributed by atoms with E-state index in [9.17, 15) is 4.79 Å². The van der Waals surface area contributed by atoms with Crippen LogP contribution in [0.2, 0.25) is 0 Å². The maximum atomic E-state index is 11.7. The molecule has 7 heteroatoms. The smallest absolute Gasteiger partial charge is 0.219 e. The highest BCUT2D eigenvalue weighted by atomic mass is 16.5. The lowest BCUT2D eigenvalue weighted by Crippen LogP contribution is -2.38. The minimum atomic E-state index is 0.112. The first-order chi connectivity index (χ1) is 18.1. The van der Waals surface area contributed by atoms with E-state index in [2.05, 4.69) is 27.1 Å². The number of hydrogen-bond donors (Lipinski definition) is 1. The first kappa shape index (κ1) is 24.1. The first-order valence-corrected chi connectivity index (χ1v) is 12.3. The van der Waals surface area contributed by atoms with Gasteiger partial charge in [-0.1, -0.05) is 30.0 Å². The molecule has 2 heterocycles. The van der Waals surface area contributed by atoms with Crippen molar-refractivity contribution in [2.45, 2.75) is 19.8 Å². The van der Waals surface area contributed by atoms with Gasteiger partial charge in [-0.15, -0.1) is 0 Å². The van der Waals surface area contributed by atoms with E-state index in [0.717, 1.165) is 47.3 Å². The molecule has 1 aliphatic rings. The van der Waals surface area contributed by atoms with Gasteiger partial charge in [-0.25, -0.2) is 9.97 Å². The van der Waals surface area contributed by atoms with Crippen LogP contribution in [0.4, 0.5) is 11.5 Å². The number of para-hydroxylation sites is 1. The van der Waals surface area contributed by atoms with E-state index in [1.165, 1.54) is 0 Å². The molecule has 1 fully saturated rings. The Kier molecular flexibility index (Phi) is 7.18. The molecule has 0 spiro atoms. The van der Waals surface area contributed by atoms with Crippen molar-refractivity contribution in [3.63, 3.8) is 0 Å². The number of carbonyl (C=O) groups excluding carboxylic acids is 1. The molecular weight excluding hydrogens is 464 g/mol. The molecule has 7 nitrogen and oxygen atoms in total. The molecule has 0 radical (unpaired) electrons. The molecule has 1 amide bonds. The minimum Gasteiger partial charge on any atom is -0.493 e. The first-order valence-electron chi connectivity index (χ1n) is 12.3. The predicted octanol–water partition coefficient (Wildman–Crippen LogP) is 5.78. The number of fused-ring (bicyclic) bond motifs is 1. The van der Waals surface area contributed by atoms with Crippen LogP contribution in [0.25, 0.3) is 10.9 Å². The van der Waals surface area contributed by atoms with Crippen molar-refractivity contribution in [3.05, 3.63) is 78.6 Å². The third kappa shape index (κ3) is 5.81. The van der Waals surface area contributed by atoms with Crippen molar-refractivity contribution in [2.75, 3.05) is 25.5 Å². The number of carbonyl (C=O) groups is 1. The average molecular weight is 493 g/mol. The Labute approximate surface area is 216 Å². The van der Waals surface area contributed by atoms with Crippen LogP contribution in [0.5, 0.6) is 17.2 Å². The number of methoxy groups -OCH3 is 1. The zero-order chi connectivity index (χ0) is 25.6. The lowest BCUT2D eigenvalue weighted by molar-refractivity contribution is -0.130. The van der Waals surface area contributed by atoms with Crippen LogP contribution >= 0.6 is 0 Å². The predicted molar refractivity (Wildman–Crippen MR) is 144 cm³/mol. The Morgan fingerprint density at radius 3 is 2.73 bits per heavy atom. The third-order valence-corrected chi connectivity index (χ3v) is 6.32. The van der Waals surface area contributed by atoms with Gasteiger partial charge in [0.15, 0.2) is 11.5 Å². The molecular formula is C30H28N4O3. The van der Waals surface area contributed by atoms with E-state index in [1.54, 1.807) is 20.4 Å². The van der Waals surface area contributed by atoms with Crippen LogP contribution in [-0.4, -0.2) is 41.0 Å². The number of likely N-dealkylation sites (tertiary alicyclic amines) is 1. The quantitative estimate of drug-likeness (QED) is 0.356. The number of benzene rings is 3.